The smallest absolute Gasteiger partial charge is 0.326 e. The van der Waals surface area contributed by atoms with Gasteiger partial charge in [0, 0.05) is 15.9 Å². The maximum atomic E-state index is 13.6. The molecule has 5 nitrogen and oxygen atoms in total. The highest BCUT2D eigenvalue weighted by Gasteiger charge is 2.18. The van der Waals surface area contributed by atoms with Gasteiger partial charge in [-0.05, 0) is 22.0 Å². The largest absolute Gasteiger partial charge is 0.480 e. The summed E-state index contributed by atoms with van der Waals surface area (Å²) in [4.78, 5) is 14.7. The summed E-state index contributed by atoms with van der Waals surface area (Å²) in [6, 6.07) is 0.580. The minimum atomic E-state index is -1.25. The number of nitrogens with one attached hydrogen (secondary N) is 1. The molecule has 0 saturated carbocycles. The lowest BCUT2D eigenvalue weighted by atomic mass is 10.2. The SMILES string of the molecule is NC(C(=O)O)c1csc(Nc2c(F)cc(F)cc2Br)n1. The first kappa shape index (κ1) is 14.8. The van der Waals surface area contributed by atoms with Crippen LogP contribution in [0.4, 0.5) is 19.6 Å². The first-order chi connectivity index (χ1) is 9.38. The molecule has 4 N–H and O–H groups in total. The first-order valence-electron chi connectivity index (χ1n) is 5.24. The lowest BCUT2D eigenvalue weighted by Gasteiger charge is -2.07. The fraction of sp³-hybridized carbons (Fsp3) is 0.0909. The summed E-state index contributed by atoms with van der Waals surface area (Å²) in [5, 5.41) is 13.1. The van der Waals surface area contributed by atoms with E-state index >= 15 is 0 Å². The van der Waals surface area contributed by atoms with Crippen LogP contribution in [-0.4, -0.2) is 16.1 Å². The summed E-state index contributed by atoms with van der Waals surface area (Å²) in [6.07, 6.45) is 0. The average molecular weight is 364 g/mol. The Morgan fingerprint density at radius 2 is 2.20 bits per heavy atom. The van der Waals surface area contributed by atoms with Crippen LogP contribution in [0.1, 0.15) is 11.7 Å². The molecule has 0 aliphatic rings. The predicted molar refractivity (Wildman–Crippen MR) is 74.0 cm³/mol. The average Bonchev–Trinajstić information content (AvgIpc) is 2.81. The maximum absolute atomic E-state index is 13.6. The molecule has 0 radical (unpaired) electrons. The Morgan fingerprint density at radius 1 is 1.50 bits per heavy atom. The third-order valence-corrected chi connectivity index (χ3v) is 3.75. The summed E-state index contributed by atoms with van der Waals surface area (Å²) >= 11 is 4.09. The standard InChI is InChI=1S/C11H8BrF2N3O2S/c12-5-1-4(13)2-6(14)9(5)17-11-16-7(3-20-11)8(15)10(18)19/h1-3,8H,15H2,(H,16,17)(H,18,19). The Hall–Kier alpha value is -1.58. The number of rotatable bonds is 4. The Balaban J connectivity index is 2.25. The molecule has 2 rings (SSSR count). The van der Waals surface area contributed by atoms with Crippen LogP contribution in [0.25, 0.3) is 0 Å². The van der Waals surface area contributed by atoms with Gasteiger partial charge in [0.05, 0.1) is 11.4 Å². The number of anilines is 2. The van der Waals surface area contributed by atoms with E-state index < -0.39 is 23.6 Å². The second kappa shape index (κ2) is 5.81. The molecule has 9 heteroatoms. The molecule has 0 fully saturated rings. The fourth-order valence-corrected chi connectivity index (χ4v) is 2.64. The van der Waals surface area contributed by atoms with Gasteiger partial charge in [-0.1, -0.05) is 0 Å². The topological polar surface area (TPSA) is 88.2 Å². The van der Waals surface area contributed by atoms with Gasteiger partial charge in [-0.25, -0.2) is 13.8 Å². The summed E-state index contributed by atoms with van der Waals surface area (Å²) in [5.74, 6) is -2.72. The second-order valence-corrected chi connectivity index (χ2v) is 5.48. The molecule has 106 valence electrons. The molecule has 1 unspecified atom stereocenters. The summed E-state index contributed by atoms with van der Waals surface area (Å²) < 4.78 is 26.8. The molecule has 2 aromatic rings. The lowest BCUT2D eigenvalue weighted by Crippen LogP contribution is -2.20. The molecule has 0 aliphatic carbocycles. The molecule has 0 amide bonds. The van der Waals surface area contributed by atoms with Gasteiger partial charge in [0.1, 0.15) is 11.9 Å². The van der Waals surface area contributed by atoms with E-state index in [1.165, 1.54) is 5.38 Å². The van der Waals surface area contributed by atoms with Crippen molar-refractivity contribution in [1.29, 1.82) is 0 Å². The summed E-state index contributed by atoms with van der Waals surface area (Å²) in [6.45, 7) is 0. The number of thiazole rings is 1. The van der Waals surface area contributed by atoms with E-state index in [0.29, 0.717) is 0 Å². The molecule has 1 atom stereocenters. The highest BCUT2D eigenvalue weighted by atomic mass is 79.9. The quantitative estimate of drug-likeness (QED) is 0.776. The van der Waals surface area contributed by atoms with Crippen molar-refractivity contribution in [3.05, 3.63) is 39.3 Å². The highest BCUT2D eigenvalue weighted by molar-refractivity contribution is 9.10. The zero-order chi connectivity index (χ0) is 14.9. The molecule has 20 heavy (non-hydrogen) atoms. The van der Waals surface area contributed by atoms with Crippen LogP contribution < -0.4 is 11.1 Å². The van der Waals surface area contributed by atoms with Gasteiger partial charge in [-0.15, -0.1) is 11.3 Å². The van der Waals surface area contributed by atoms with E-state index in [2.05, 4.69) is 26.2 Å². The van der Waals surface area contributed by atoms with E-state index in [4.69, 9.17) is 10.8 Å². The number of hydrogen-bond acceptors (Lipinski definition) is 5. The first-order valence-corrected chi connectivity index (χ1v) is 6.91. The number of nitrogens with zero attached hydrogens (tertiary/aromatic N) is 1. The maximum Gasteiger partial charge on any atom is 0.326 e. The van der Waals surface area contributed by atoms with Crippen LogP contribution >= 0.6 is 27.3 Å². The van der Waals surface area contributed by atoms with Crippen molar-refractivity contribution in [2.45, 2.75) is 6.04 Å². The monoisotopic (exact) mass is 363 g/mol. The normalized spacial score (nSPS) is 12.2. The molecule has 0 bridgehead atoms. The molecule has 1 heterocycles. The van der Waals surface area contributed by atoms with Crippen LogP contribution in [0.2, 0.25) is 0 Å². The molecule has 0 aliphatic heterocycles. The van der Waals surface area contributed by atoms with Crippen molar-refractivity contribution in [2.24, 2.45) is 5.73 Å². The van der Waals surface area contributed by atoms with Gasteiger partial charge < -0.3 is 16.2 Å². The number of halogens is 3. The van der Waals surface area contributed by atoms with E-state index in [0.717, 1.165) is 23.5 Å². The van der Waals surface area contributed by atoms with Crippen molar-refractivity contribution < 1.29 is 18.7 Å². The van der Waals surface area contributed by atoms with Crippen molar-refractivity contribution in [1.82, 2.24) is 4.98 Å². The third kappa shape index (κ3) is 3.11. The van der Waals surface area contributed by atoms with Crippen LogP contribution in [0.5, 0.6) is 0 Å². The third-order valence-electron chi connectivity index (χ3n) is 2.35. The Bertz CT molecular complexity index is 642. The van der Waals surface area contributed by atoms with Gasteiger partial charge in [0.15, 0.2) is 10.9 Å². The van der Waals surface area contributed by atoms with E-state index in [1.54, 1.807) is 0 Å². The highest BCUT2D eigenvalue weighted by Crippen LogP contribution is 2.31. The minimum Gasteiger partial charge on any atom is -0.480 e. The number of hydrogen-bond donors (Lipinski definition) is 3. The van der Waals surface area contributed by atoms with E-state index in [-0.39, 0.29) is 21.0 Å². The fourth-order valence-electron chi connectivity index (χ4n) is 1.38. The second-order valence-electron chi connectivity index (χ2n) is 3.76. The van der Waals surface area contributed by atoms with Gasteiger partial charge in [0.25, 0.3) is 0 Å². The zero-order valence-corrected chi connectivity index (χ0v) is 12.1. The van der Waals surface area contributed by atoms with Crippen LogP contribution in [0.15, 0.2) is 22.0 Å². The number of carbonyl (C=O) groups is 1. The predicted octanol–water partition coefficient (Wildman–Crippen LogP) is 3.01. The van der Waals surface area contributed by atoms with Crippen molar-refractivity contribution in [2.75, 3.05) is 5.32 Å². The Labute approximate surface area is 124 Å². The van der Waals surface area contributed by atoms with Crippen molar-refractivity contribution >= 4 is 44.1 Å². The molecular formula is C11H8BrF2N3O2S. The van der Waals surface area contributed by atoms with E-state index in [1.807, 2.05) is 0 Å². The molecule has 1 aromatic carbocycles. The molecule has 0 spiro atoms. The lowest BCUT2D eigenvalue weighted by molar-refractivity contribution is -0.138. The summed E-state index contributed by atoms with van der Waals surface area (Å²) in [5.41, 5.74) is 5.57. The van der Waals surface area contributed by atoms with Gasteiger partial charge in [0.2, 0.25) is 0 Å². The molecule has 0 saturated heterocycles. The number of aromatic nitrogens is 1. The Kier molecular flexibility index (Phi) is 4.31. The number of benzene rings is 1. The van der Waals surface area contributed by atoms with Crippen molar-refractivity contribution in [3.63, 3.8) is 0 Å². The number of carboxylic acids is 1. The van der Waals surface area contributed by atoms with Gasteiger partial charge >= 0.3 is 5.97 Å². The number of nitrogens with two attached hydrogens (primary N) is 1. The molecule has 1 aromatic heterocycles. The summed E-state index contributed by atoms with van der Waals surface area (Å²) in [7, 11) is 0. The number of aliphatic carboxylic acids is 1. The zero-order valence-electron chi connectivity index (χ0n) is 9.73. The van der Waals surface area contributed by atoms with Gasteiger partial charge in [-0.2, -0.15) is 0 Å². The number of carboxylic acid groups (broad SMARTS) is 1. The Morgan fingerprint density at radius 3 is 2.80 bits per heavy atom. The molecular weight excluding hydrogens is 356 g/mol. The van der Waals surface area contributed by atoms with Crippen LogP contribution in [0, 0.1) is 11.6 Å². The van der Waals surface area contributed by atoms with Gasteiger partial charge in [-0.3, -0.25) is 4.79 Å². The van der Waals surface area contributed by atoms with E-state index in [9.17, 15) is 13.6 Å². The van der Waals surface area contributed by atoms with Crippen LogP contribution in [0.3, 0.4) is 0 Å². The van der Waals surface area contributed by atoms with Crippen molar-refractivity contribution in [3.8, 4) is 0 Å². The minimum absolute atomic E-state index is 0.0104. The van der Waals surface area contributed by atoms with Crippen LogP contribution in [-0.2, 0) is 4.79 Å².